The van der Waals surface area contributed by atoms with Gasteiger partial charge >= 0.3 is 0 Å². The zero-order chi connectivity index (χ0) is 13.9. The van der Waals surface area contributed by atoms with Crippen LogP contribution in [0.4, 0.5) is 0 Å². The Bertz CT molecular complexity index is 531. The van der Waals surface area contributed by atoms with Gasteiger partial charge < -0.3 is 9.88 Å². The van der Waals surface area contributed by atoms with Crippen LogP contribution in [0.25, 0.3) is 0 Å². The van der Waals surface area contributed by atoms with Crippen LogP contribution in [0.3, 0.4) is 0 Å². The van der Waals surface area contributed by atoms with E-state index in [4.69, 9.17) is 0 Å². The number of aromatic amines is 1. The lowest BCUT2D eigenvalue weighted by atomic mass is 9.83. The number of hydrogen-bond acceptors (Lipinski definition) is 2. The van der Waals surface area contributed by atoms with E-state index in [0.717, 1.165) is 19.4 Å². The molecule has 1 aliphatic heterocycles. The summed E-state index contributed by atoms with van der Waals surface area (Å²) in [5.41, 5.74) is 0.109. The van der Waals surface area contributed by atoms with Gasteiger partial charge in [-0.1, -0.05) is 19.3 Å². The van der Waals surface area contributed by atoms with E-state index >= 15 is 0 Å². The molecule has 0 aromatic carbocycles. The Kier molecular flexibility index (Phi) is 3.90. The summed E-state index contributed by atoms with van der Waals surface area (Å²) in [5, 5.41) is 0. The minimum Gasteiger partial charge on any atom is -0.367 e. The summed E-state index contributed by atoms with van der Waals surface area (Å²) in [5.74, 6) is 0.554. The van der Waals surface area contributed by atoms with Gasteiger partial charge in [-0.3, -0.25) is 9.59 Å². The summed E-state index contributed by atoms with van der Waals surface area (Å²) in [4.78, 5) is 29.3. The number of nitrogens with one attached hydrogen (secondary N) is 1. The van der Waals surface area contributed by atoms with E-state index < -0.39 is 0 Å². The Morgan fingerprint density at radius 2 is 1.95 bits per heavy atom. The Balaban J connectivity index is 1.79. The van der Waals surface area contributed by atoms with E-state index in [1.807, 2.05) is 4.90 Å². The Hall–Kier alpha value is -1.58. The van der Waals surface area contributed by atoms with Crippen LogP contribution in [0, 0.1) is 5.92 Å². The third-order valence-electron chi connectivity index (χ3n) is 4.81. The molecule has 1 unspecified atom stereocenters. The first kappa shape index (κ1) is 13.4. The first-order valence-electron chi connectivity index (χ1n) is 7.75. The molecule has 4 heteroatoms. The van der Waals surface area contributed by atoms with Crippen LogP contribution in [-0.2, 0) is 0 Å². The molecule has 0 radical (unpaired) electrons. The van der Waals surface area contributed by atoms with Crippen molar-refractivity contribution >= 4 is 5.91 Å². The van der Waals surface area contributed by atoms with E-state index in [1.165, 1.54) is 38.2 Å². The maximum Gasteiger partial charge on any atom is 0.259 e. The molecule has 0 spiro atoms. The van der Waals surface area contributed by atoms with Gasteiger partial charge in [-0.15, -0.1) is 0 Å². The monoisotopic (exact) mass is 274 g/mol. The maximum absolute atomic E-state index is 12.6. The van der Waals surface area contributed by atoms with Crippen molar-refractivity contribution in [3.05, 3.63) is 34.2 Å². The zero-order valence-corrected chi connectivity index (χ0v) is 11.8. The topological polar surface area (TPSA) is 53.2 Å². The molecule has 1 saturated carbocycles. The van der Waals surface area contributed by atoms with Gasteiger partial charge in [0.25, 0.3) is 5.91 Å². The number of amides is 1. The van der Waals surface area contributed by atoms with Crippen molar-refractivity contribution in [3.63, 3.8) is 0 Å². The minimum atomic E-state index is -0.178. The Morgan fingerprint density at radius 3 is 2.70 bits per heavy atom. The molecule has 3 rings (SSSR count). The molecule has 1 aromatic rings. The number of H-pyrrole nitrogens is 1. The SMILES string of the molecule is O=C(c1c[nH]ccc1=O)N1CCCC1C1CCCCC1. The molecular weight excluding hydrogens is 252 g/mol. The van der Waals surface area contributed by atoms with Crippen molar-refractivity contribution in [1.29, 1.82) is 0 Å². The normalized spacial score (nSPS) is 24.0. The first-order valence-corrected chi connectivity index (χ1v) is 7.75. The summed E-state index contributed by atoms with van der Waals surface area (Å²) in [6, 6.07) is 1.78. The lowest BCUT2D eigenvalue weighted by molar-refractivity contribution is 0.0660. The van der Waals surface area contributed by atoms with Crippen molar-refractivity contribution < 1.29 is 4.79 Å². The number of nitrogens with zero attached hydrogens (tertiary/aromatic N) is 1. The quantitative estimate of drug-likeness (QED) is 0.901. The third kappa shape index (κ3) is 2.51. The predicted octanol–water partition coefficient (Wildman–Crippen LogP) is 2.56. The van der Waals surface area contributed by atoms with Crippen molar-refractivity contribution in [2.75, 3.05) is 6.54 Å². The smallest absolute Gasteiger partial charge is 0.259 e. The molecule has 1 aliphatic carbocycles. The molecule has 1 atom stereocenters. The fourth-order valence-corrected chi connectivity index (χ4v) is 3.79. The van der Waals surface area contributed by atoms with Crippen LogP contribution in [0.1, 0.15) is 55.3 Å². The van der Waals surface area contributed by atoms with Crippen molar-refractivity contribution in [2.24, 2.45) is 5.92 Å². The van der Waals surface area contributed by atoms with E-state index in [-0.39, 0.29) is 16.9 Å². The first-order chi connectivity index (χ1) is 9.77. The number of pyridine rings is 1. The van der Waals surface area contributed by atoms with Gasteiger partial charge in [-0.05, 0) is 31.6 Å². The van der Waals surface area contributed by atoms with Crippen molar-refractivity contribution in [3.8, 4) is 0 Å². The van der Waals surface area contributed by atoms with Gasteiger partial charge in [0.05, 0.1) is 0 Å². The zero-order valence-electron chi connectivity index (χ0n) is 11.8. The van der Waals surface area contributed by atoms with Gasteiger partial charge in [-0.25, -0.2) is 0 Å². The lowest BCUT2D eigenvalue weighted by Crippen LogP contribution is -2.42. The molecular formula is C16H22N2O2. The van der Waals surface area contributed by atoms with E-state index in [9.17, 15) is 9.59 Å². The standard InChI is InChI=1S/C16H22N2O2/c19-15-8-9-17-11-13(15)16(20)18-10-4-7-14(18)12-5-2-1-3-6-12/h8-9,11-12,14H,1-7,10H2,(H,17,19). The molecule has 4 nitrogen and oxygen atoms in total. The highest BCUT2D eigenvalue weighted by Gasteiger charge is 2.35. The lowest BCUT2D eigenvalue weighted by Gasteiger charge is -2.34. The van der Waals surface area contributed by atoms with Gasteiger partial charge in [-0.2, -0.15) is 0 Å². The molecule has 2 aliphatic rings. The largest absolute Gasteiger partial charge is 0.367 e. The fraction of sp³-hybridized carbons (Fsp3) is 0.625. The summed E-state index contributed by atoms with van der Waals surface area (Å²) in [6.45, 7) is 0.800. The van der Waals surface area contributed by atoms with Crippen molar-refractivity contribution in [2.45, 2.75) is 51.0 Å². The molecule has 1 N–H and O–H groups in total. The molecule has 1 saturated heterocycles. The second-order valence-corrected chi connectivity index (χ2v) is 6.03. The summed E-state index contributed by atoms with van der Waals surface area (Å²) < 4.78 is 0. The van der Waals surface area contributed by atoms with Crippen LogP contribution in [-0.4, -0.2) is 28.4 Å². The molecule has 2 heterocycles. The molecule has 1 amide bonds. The highest BCUT2D eigenvalue weighted by atomic mass is 16.2. The van der Waals surface area contributed by atoms with Crippen LogP contribution in [0.15, 0.2) is 23.3 Å². The molecule has 2 fully saturated rings. The predicted molar refractivity (Wildman–Crippen MR) is 77.7 cm³/mol. The Labute approximate surface area is 119 Å². The average Bonchev–Trinajstić information content (AvgIpc) is 2.97. The molecule has 0 bridgehead atoms. The van der Waals surface area contributed by atoms with Gasteiger partial charge in [0.15, 0.2) is 5.43 Å². The molecule has 108 valence electrons. The van der Waals surface area contributed by atoms with Crippen LogP contribution in [0.2, 0.25) is 0 Å². The number of rotatable bonds is 2. The highest BCUT2D eigenvalue weighted by Crippen LogP contribution is 2.34. The number of aromatic nitrogens is 1. The van der Waals surface area contributed by atoms with Gasteiger partial charge in [0.1, 0.15) is 5.56 Å². The van der Waals surface area contributed by atoms with Gasteiger partial charge in [0.2, 0.25) is 0 Å². The fourth-order valence-electron chi connectivity index (χ4n) is 3.79. The number of likely N-dealkylation sites (tertiary alicyclic amines) is 1. The van der Waals surface area contributed by atoms with Crippen LogP contribution in [0.5, 0.6) is 0 Å². The highest BCUT2D eigenvalue weighted by molar-refractivity contribution is 5.94. The van der Waals surface area contributed by atoms with Crippen molar-refractivity contribution in [1.82, 2.24) is 9.88 Å². The molecule has 20 heavy (non-hydrogen) atoms. The van der Waals surface area contributed by atoms with E-state index in [2.05, 4.69) is 4.98 Å². The molecule has 1 aromatic heterocycles. The van der Waals surface area contributed by atoms with E-state index in [1.54, 1.807) is 12.4 Å². The number of hydrogen-bond donors (Lipinski definition) is 1. The average molecular weight is 274 g/mol. The van der Waals surface area contributed by atoms with Crippen LogP contribution >= 0.6 is 0 Å². The Morgan fingerprint density at radius 1 is 1.15 bits per heavy atom. The second-order valence-electron chi connectivity index (χ2n) is 6.03. The van der Waals surface area contributed by atoms with Crippen LogP contribution < -0.4 is 5.43 Å². The summed E-state index contributed by atoms with van der Waals surface area (Å²) >= 11 is 0. The van der Waals surface area contributed by atoms with Gasteiger partial charge in [0, 0.05) is 31.0 Å². The third-order valence-corrected chi connectivity index (χ3v) is 4.81. The minimum absolute atomic E-state index is 0.0834. The maximum atomic E-state index is 12.6. The second kappa shape index (κ2) is 5.81. The summed E-state index contributed by atoms with van der Waals surface area (Å²) in [6.07, 6.45) is 11.7. The number of carbonyl (C=O) groups excluding carboxylic acids is 1. The summed E-state index contributed by atoms with van der Waals surface area (Å²) in [7, 11) is 0. The number of carbonyl (C=O) groups is 1. The van der Waals surface area contributed by atoms with E-state index in [0.29, 0.717) is 12.0 Å².